The summed E-state index contributed by atoms with van der Waals surface area (Å²) in [6.45, 7) is 0.159. The number of ether oxygens (including phenoxy) is 1. The zero-order valence-corrected chi connectivity index (χ0v) is 12.2. The van der Waals surface area contributed by atoms with Crippen molar-refractivity contribution < 1.29 is 19.7 Å². The van der Waals surface area contributed by atoms with E-state index >= 15 is 0 Å². The molecule has 0 aliphatic carbocycles. The third-order valence-corrected chi connectivity index (χ3v) is 4.74. The van der Waals surface area contributed by atoms with Crippen molar-refractivity contribution in [1.82, 2.24) is 5.32 Å². The van der Waals surface area contributed by atoms with E-state index < -0.39 is 18.2 Å². The Bertz CT molecular complexity index is 641. The Hall–Kier alpha value is -1.47. The van der Waals surface area contributed by atoms with Crippen LogP contribution in [0, 0.1) is 0 Å². The van der Waals surface area contributed by atoms with Crippen molar-refractivity contribution in [3.05, 3.63) is 35.2 Å². The summed E-state index contributed by atoms with van der Waals surface area (Å²) >= 11 is 1.52. The first-order chi connectivity index (χ1) is 10.2. The largest absolute Gasteiger partial charge is 0.394 e. The third-order valence-electron chi connectivity index (χ3n) is 3.78. The van der Waals surface area contributed by atoms with Gasteiger partial charge in [0.2, 0.25) is 0 Å². The van der Waals surface area contributed by atoms with Gasteiger partial charge in [0.15, 0.2) is 0 Å². The molecule has 0 unspecified atom stereocenters. The molecule has 21 heavy (non-hydrogen) atoms. The molecule has 1 aliphatic heterocycles. The number of rotatable bonds is 3. The first kappa shape index (κ1) is 14.5. The van der Waals surface area contributed by atoms with E-state index in [1.54, 1.807) is 0 Å². The molecule has 1 aromatic carbocycles. The average molecular weight is 307 g/mol. The van der Waals surface area contributed by atoms with Crippen LogP contribution in [0.1, 0.15) is 16.8 Å². The molecule has 112 valence electrons. The van der Waals surface area contributed by atoms with Crippen molar-refractivity contribution >= 4 is 27.3 Å². The standard InChI is InChI=1S/C15H17NO4S/c17-7-12-14(18)11(5-6-20-12)16-15(19)10-8-21-13-4-2-1-3-9(10)13/h1-4,8,11-12,14,17-18H,5-7H2,(H,16,19)/t11-,12+,14-/m0/s1. The number of aliphatic hydroxyl groups is 2. The Morgan fingerprint density at radius 1 is 1.43 bits per heavy atom. The molecule has 6 heteroatoms. The number of benzene rings is 1. The van der Waals surface area contributed by atoms with Crippen LogP contribution in [-0.2, 0) is 4.74 Å². The van der Waals surface area contributed by atoms with Gasteiger partial charge in [-0.25, -0.2) is 0 Å². The van der Waals surface area contributed by atoms with Gasteiger partial charge in [0.05, 0.1) is 18.2 Å². The molecule has 5 nitrogen and oxygen atoms in total. The molecule has 1 aliphatic rings. The topological polar surface area (TPSA) is 78.8 Å². The minimum Gasteiger partial charge on any atom is -0.394 e. The maximum absolute atomic E-state index is 12.4. The minimum absolute atomic E-state index is 0.199. The number of amides is 1. The molecule has 0 radical (unpaired) electrons. The fraction of sp³-hybridized carbons (Fsp3) is 0.400. The number of carbonyl (C=O) groups excluding carboxylic acids is 1. The van der Waals surface area contributed by atoms with Crippen LogP contribution >= 0.6 is 11.3 Å². The lowest BCUT2D eigenvalue weighted by Crippen LogP contribution is -2.54. The van der Waals surface area contributed by atoms with Crippen molar-refractivity contribution in [2.75, 3.05) is 13.2 Å². The van der Waals surface area contributed by atoms with Crippen LogP contribution in [-0.4, -0.2) is 47.6 Å². The van der Waals surface area contributed by atoms with E-state index in [2.05, 4.69) is 5.32 Å². The van der Waals surface area contributed by atoms with Crippen LogP contribution in [0.5, 0.6) is 0 Å². The fourth-order valence-electron chi connectivity index (χ4n) is 2.59. The number of hydrogen-bond donors (Lipinski definition) is 3. The maximum atomic E-state index is 12.4. The van der Waals surface area contributed by atoms with Gasteiger partial charge in [-0.15, -0.1) is 11.3 Å². The van der Waals surface area contributed by atoms with E-state index in [9.17, 15) is 9.90 Å². The molecule has 0 bridgehead atoms. The van der Waals surface area contributed by atoms with E-state index in [-0.39, 0.29) is 12.5 Å². The summed E-state index contributed by atoms with van der Waals surface area (Å²) in [5.41, 5.74) is 0.620. The van der Waals surface area contributed by atoms with Gasteiger partial charge in [-0.1, -0.05) is 18.2 Å². The van der Waals surface area contributed by atoms with Crippen LogP contribution in [0.3, 0.4) is 0 Å². The highest BCUT2D eigenvalue weighted by Crippen LogP contribution is 2.26. The zero-order chi connectivity index (χ0) is 14.8. The molecule has 0 saturated carbocycles. The van der Waals surface area contributed by atoms with E-state index in [4.69, 9.17) is 9.84 Å². The first-order valence-corrected chi connectivity index (χ1v) is 7.76. The summed E-state index contributed by atoms with van der Waals surface area (Å²) in [7, 11) is 0. The lowest BCUT2D eigenvalue weighted by Gasteiger charge is -2.34. The molecule has 1 fully saturated rings. The van der Waals surface area contributed by atoms with Crippen LogP contribution in [0.25, 0.3) is 10.1 Å². The maximum Gasteiger partial charge on any atom is 0.253 e. The van der Waals surface area contributed by atoms with Crippen molar-refractivity contribution in [3.63, 3.8) is 0 Å². The van der Waals surface area contributed by atoms with Gasteiger partial charge in [0, 0.05) is 22.1 Å². The highest BCUT2D eigenvalue weighted by Gasteiger charge is 2.33. The number of nitrogens with one attached hydrogen (secondary N) is 1. The van der Waals surface area contributed by atoms with E-state index in [1.165, 1.54) is 11.3 Å². The van der Waals surface area contributed by atoms with Gasteiger partial charge >= 0.3 is 0 Å². The van der Waals surface area contributed by atoms with Crippen LogP contribution in [0.15, 0.2) is 29.6 Å². The van der Waals surface area contributed by atoms with Crippen LogP contribution < -0.4 is 5.32 Å². The number of aliphatic hydroxyl groups excluding tert-OH is 2. The summed E-state index contributed by atoms with van der Waals surface area (Å²) in [5.74, 6) is -0.199. The summed E-state index contributed by atoms with van der Waals surface area (Å²) < 4.78 is 6.32. The van der Waals surface area contributed by atoms with Gasteiger partial charge in [-0.3, -0.25) is 4.79 Å². The Labute approximate surface area is 126 Å². The monoisotopic (exact) mass is 307 g/mol. The molecule has 2 heterocycles. The molecular formula is C15H17NO4S. The lowest BCUT2D eigenvalue weighted by atomic mass is 9.99. The second-order valence-electron chi connectivity index (χ2n) is 5.10. The number of carbonyl (C=O) groups is 1. The Morgan fingerprint density at radius 3 is 3.05 bits per heavy atom. The molecule has 1 saturated heterocycles. The van der Waals surface area contributed by atoms with Gasteiger partial charge in [-0.2, -0.15) is 0 Å². The highest BCUT2D eigenvalue weighted by atomic mass is 32.1. The minimum atomic E-state index is -0.891. The Morgan fingerprint density at radius 2 is 2.24 bits per heavy atom. The highest BCUT2D eigenvalue weighted by molar-refractivity contribution is 7.17. The van der Waals surface area contributed by atoms with Crippen molar-refractivity contribution in [3.8, 4) is 0 Å². The molecular weight excluding hydrogens is 290 g/mol. The molecule has 3 rings (SSSR count). The zero-order valence-electron chi connectivity index (χ0n) is 11.4. The average Bonchev–Trinajstić information content (AvgIpc) is 2.93. The predicted molar refractivity (Wildman–Crippen MR) is 80.5 cm³/mol. The molecule has 1 amide bonds. The molecule has 2 aromatic rings. The smallest absolute Gasteiger partial charge is 0.253 e. The van der Waals surface area contributed by atoms with Crippen molar-refractivity contribution in [2.24, 2.45) is 0 Å². The summed E-state index contributed by atoms with van der Waals surface area (Å²) in [4.78, 5) is 12.4. The van der Waals surface area contributed by atoms with Gasteiger partial charge in [-0.05, 0) is 12.5 Å². The summed E-state index contributed by atoms with van der Waals surface area (Å²) in [5, 5.41) is 24.8. The molecule has 0 spiro atoms. The van der Waals surface area contributed by atoms with Crippen LogP contribution in [0.2, 0.25) is 0 Å². The van der Waals surface area contributed by atoms with Crippen LogP contribution in [0.4, 0.5) is 0 Å². The molecule has 3 N–H and O–H groups in total. The Balaban J connectivity index is 1.77. The number of fused-ring (bicyclic) bond motifs is 1. The van der Waals surface area contributed by atoms with E-state index in [0.29, 0.717) is 18.6 Å². The van der Waals surface area contributed by atoms with Gasteiger partial charge in [0.1, 0.15) is 12.2 Å². The summed E-state index contributed by atoms with van der Waals surface area (Å²) in [6.07, 6.45) is -0.994. The first-order valence-electron chi connectivity index (χ1n) is 6.88. The number of thiophene rings is 1. The number of hydrogen-bond acceptors (Lipinski definition) is 5. The molecule has 1 aromatic heterocycles. The summed E-state index contributed by atoms with van der Waals surface area (Å²) in [6, 6.07) is 7.33. The second-order valence-corrected chi connectivity index (χ2v) is 6.01. The quantitative estimate of drug-likeness (QED) is 0.794. The Kier molecular flexibility index (Phi) is 4.21. The predicted octanol–water partition coefficient (Wildman–Crippen LogP) is 1.14. The molecule has 3 atom stereocenters. The van der Waals surface area contributed by atoms with Gasteiger partial charge < -0.3 is 20.3 Å². The second kappa shape index (κ2) is 6.11. The lowest BCUT2D eigenvalue weighted by molar-refractivity contribution is -0.107. The van der Waals surface area contributed by atoms with Crippen molar-refractivity contribution in [1.29, 1.82) is 0 Å². The van der Waals surface area contributed by atoms with Gasteiger partial charge in [0.25, 0.3) is 5.91 Å². The van der Waals surface area contributed by atoms with E-state index in [0.717, 1.165) is 10.1 Å². The SMILES string of the molecule is O=C(N[C@H]1CCO[C@H](CO)[C@H]1O)c1csc2ccccc12. The fourth-order valence-corrected chi connectivity index (χ4v) is 3.53. The van der Waals surface area contributed by atoms with E-state index in [1.807, 2.05) is 29.6 Å². The van der Waals surface area contributed by atoms with Crippen molar-refractivity contribution in [2.45, 2.75) is 24.7 Å². The normalized spacial score (nSPS) is 25.9. The third kappa shape index (κ3) is 2.80.